The molecule has 1 aliphatic rings. The summed E-state index contributed by atoms with van der Waals surface area (Å²) < 4.78 is 26.8. The summed E-state index contributed by atoms with van der Waals surface area (Å²) in [6, 6.07) is 4.65. The summed E-state index contributed by atoms with van der Waals surface area (Å²) in [5.41, 5.74) is 1.66. The Morgan fingerprint density at radius 3 is 2.78 bits per heavy atom. The number of amides is 1. The Bertz CT molecular complexity index is 867. The van der Waals surface area contributed by atoms with Crippen LogP contribution in [0, 0.1) is 18.6 Å². The van der Waals surface area contributed by atoms with Gasteiger partial charge >= 0.3 is 0 Å². The van der Waals surface area contributed by atoms with Crippen LogP contribution in [0.5, 0.6) is 0 Å². The molecule has 27 heavy (non-hydrogen) atoms. The highest BCUT2D eigenvalue weighted by molar-refractivity contribution is 5.93. The lowest BCUT2D eigenvalue weighted by Gasteiger charge is -2.13. The number of halogens is 2. The second-order valence-corrected chi connectivity index (χ2v) is 6.55. The Labute approximate surface area is 156 Å². The van der Waals surface area contributed by atoms with E-state index in [1.807, 2.05) is 0 Å². The van der Waals surface area contributed by atoms with Crippen LogP contribution >= 0.6 is 0 Å². The predicted octanol–water partition coefficient (Wildman–Crippen LogP) is 4.43. The van der Waals surface area contributed by atoms with Gasteiger partial charge in [0.15, 0.2) is 0 Å². The topological polar surface area (TPSA) is 66.9 Å². The van der Waals surface area contributed by atoms with Crippen LogP contribution in [0.25, 0.3) is 0 Å². The van der Waals surface area contributed by atoms with Crippen molar-refractivity contribution in [3.05, 3.63) is 59.1 Å². The molecule has 142 valence electrons. The third-order valence-corrected chi connectivity index (χ3v) is 4.38. The van der Waals surface area contributed by atoms with Gasteiger partial charge in [-0.05, 0) is 51.2 Å². The van der Waals surface area contributed by atoms with E-state index in [2.05, 4.69) is 26.7 Å². The number of anilines is 2. The number of allylic oxidation sites excluding steroid dienone is 1. The first-order chi connectivity index (χ1) is 13.0. The SMILES string of the molecule is Cc1nc(Nc2ccc(F)cc2F)cc(C(=O)NCCC2=CCCCC2)n1. The van der Waals surface area contributed by atoms with Gasteiger partial charge in [0.2, 0.25) is 0 Å². The maximum absolute atomic E-state index is 13.8. The summed E-state index contributed by atoms with van der Waals surface area (Å²) in [6.07, 6.45) is 7.75. The molecule has 1 aliphatic carbocycles. The fourth-order valence-electron chi connectivity index (χ4n) is 3.04. The Morgan fingerprint density at radius 2 is 2.04 bits per heavy atom. The summed E-state index contributed by atoms with van der Waals surface area (Å²) in [6.45, 7) is 2.19. The predicted molar refractivity (Wildman–Crippen MR) is 99.9 cm³/mol. The molecule has 0 spiro atoms. The summed E-state index contributed by atoms with van der Waals surface area (Å²) in [4.78, 5) is 20.7. The van der Waals surface area contributed by atoms with Crippen molar-refractivity contribution in [3.8, 4) is 0 Å². The first-order valence-electron chi connectivity index (χ1n) is 9.05. The van der Waals surface area contributed by atoms with E-state index in [0.29, 0.717) is 12.4 Å². The molecule has 0 radical (unpaired) electrons. The van der Waals surface area contributed by atoms with Crippen molar-refractivity contribution in [2.45, 2.75) is 39.0 Å². The fourth-order valence-corrected chi connectivity index (χ4v) is 3.04. The van der Waals surface area contributed by atoms with E-state index in [-0.39, 0.29) is 23.1 Å². The number of nitrogens with one attached hydrogen (secondary N) is 2. The van der Waals surface area contributed by atoms with Crippen molar-refractivity contribution in [1.29, 1.82) is 0 Å². The van der Waals surface area contributed by atoms with Gasteiger partial charge in [-0.3, -0.25) is 4.79 Å². The van der Waals surface area contributed by atoms with E-state index in [9.17, 15) is 13.6 Å². The molecule has 5 nitrogen and oxygen atoms in total. The molecule has 0 fully saturated rings. The number of hydrogen-bond acceptors (Lipinski definition) is 4. The molecule has 0 bridgehead atoms. The van der Waals surface area contributed by atoms with Crippen LogP contribution in [0.3, 0.4) is 0 Å². The summed E-state index contributed by atoms with van der Waals surface area (Å²) >= 11 is 0. The average Bonchev–Trinajstić information content (AvgIpc) is 2.64. The van der Waals surface area contributed by atoms with E-state index in [1.165, 1.54) is 30.5 Å². The third kappa shape index (κ3) is 5.32. The molecule has 0 saturated carbocycles. The van der Waals surface area contributed by atoms with Gasteiger partial charge in [0, 0.05) is 18.7 Å². The standard InChI is InChI=1S/C20H22F2N4O/c1-13-24-18(20(27)23-10-9-14-5-3-2-4-6-14)12-19(25-13)26-17-8-7-15(21)11-16(17)22/h5,7-8,11-12H,2-4,6,9-10H2,1H3,(H,23,27)(H,24,25,26). The van der Waals surface area contributed by atoms with Crippen LogP contribution in [0.15, 0.2) is 35.9 Å². The van der Waals surface area contributed by atoms with Gasteiger partial charge in [0.1, 0.15) is 29.0 Å². The minimum atomic E-state index is -0.738. The van der Waals surface area contributed by atoms with Gasteiger partial charge in [0.25, 0.3) is 5.91 Å². The number of benzene rings is 1. The van der Waals surface area contributed by atoms with Crippen molar-refractivity contribution >= 4 is 17.4 Å². The molecule has 1 heterocycles. The fraction of sp³-hybridized carbons (Fsp3) is 0.350. The molecule has 0 saturated heterocycles. The number of nitrogens with zero attached hydrogens (tertiary/aromatic N) is 2. The third-order valence-electron chi connectivity index (χ3n) is 4.38. The Hall–Kier alpha value is -2.83. The number of hydrogen-bond donors (Lipinski definition) is 2. The summed E-state index contributed by atoms with van der Waals surface area (Å²) in [7, 11) is 0. The van der Waals surface area contributed by atoms with Gasteiger partial charge in [-0.15, -0.1) is 0 Å². The summed E-state index contributed by atoms with van der Waals surface area (Å²) in [5, 5.41) is 5.62. The highest BCUT2D eigenvalue weighted by atomic mass is 19.1. The zero-order valence-electron chi connectivity index (χ0n) is 15.2. The number of rotatable bonds is 6. The molecule has 1 aromatic heterocycles. The number of carbonyl (C=O) groups excluding carboxylic acids is 1. The van der Waals surface area contributed by atoms with Crippen LogP contribution in [-0.2, 0) is 0 Å². The molecule has 0 atom stereocenters. The molecular weight excluding hydrogens is 350 g/mol. The first kappa shape index (κ1) is 18.9. The lowest BCUT2D eigenvalue weighted by Crippen LogP contribution is -2.26. The molecule has 0 unspecified atom stereocenters. The van der Waals surface area contributed by atoms with E-state index in [4.69, 9.17) is 0 Å². The highest BCUT2D eigenvalue weighted by Gasteiger charge is 2.12. The second kappa shape index (κ2) is 8.70. The second-order valence-electron chi connectivity index (χ2n) is 6.55. The number of aromatic nitrogens is 2. The van der Waals surface area contributed by atoms with Crippen molar-refractivity contribution in [1.82, 2.24) is 15.3 Å². The van der Waals surface area contributed by atoms with Crippen molar-refractivity contribution < 1.29 is 13.6 Å². The minimum absolute atomic E-state index is 0.0742. The molecule has 3 rings (SSSR count). The van der Waals surface area contributed by atoms with Gasteiger partial charge in [-0.1, -0.05) is 11.6 Å². The molecular formula is C20H22F2N4O. The lowest BCUT2D eigenvalue weighted by atomic mass is 9.97. The van der Waals surface area contributed by atoms with Gasteiger partial charge in [-0.25, -0.2) is 18.7 Å². The lowest BCUT2D eigenvalue weighted by molar-refractivity contribution is 0.0948. The maximum atomic E-state index is 13.8. The van der Waals surface area contributed by atoms with Gasteiger partial charge in [0.05, 0.1) is 5.69 Å². The van der Waals surface area contributed by atoms with E-state index < -0.39 is 11.6 Å². The Kier molecular flexibility index (Phi) is 6.11. The maximum Gasteiger partial charge on any atom is 0.270 e. The normalized spacial score (nSPS) is 13.8. The van der Waals surface area contributed by atoms with E-state index in [0.717, 1.165) is 31.4 Å². The first-order valence-corrected chi connectivity index (χ1v) is 9.05. The summed E-state index contributed by atoms with van der Waals surface area (Å²) in [5.74, 6) is -1.06. The van der Waals surface area contributed by atoms with Crippen LogP contribution < -0.4 is 10.6 Å². The number of carbonyl (C=O) groups is 1. The largest absolute Gasteiger partial charge is 0.350 e. The molecule has 7 heteroatoms. The van der Waals surface area contributed by atoms with Gasteiger partial charge < -0.3 is 10.6 Å². The van der Waals surface area contributed by atoms with Crippen LogP contribution in [0.4, 0.5) is 20.3 Å². The minimum Gasteiger partial charge on any atom is -0.350 e. The van der Waals surface area contributed by atoms with Crippen LogP contribution in [0.1, 0.15) is 48.4 Å². The average molecular weight is 372 g/mol. The zero-order valence-corrected chi connectivity index (χ0v) is 15.2. The zero-order chi connectivity index (χ0) is 19.2. The Balaban J connectivity index is 1.65. The highest BCUT2D eigenvalue weighted by Crippen LogP contribution is 2.21. The van der Waals surface area contributed by atoms with E-state index >= 15 is 0 Å². The molecule has 2 N–H and O–H groups in total. The quantitative estimate of drug-likeness (QED) is 0.737. The molecule has 0 aliphatic heterocycles. The molecule has 1 amide bonds. The van der Waals surface area contributed by atoms with Crippen molar-refractivity contribution in [3.63, 3.8) is 0 Å². The van der Waals surface area contributed by atoms with Crippen molar-refractivity contribution in [2.75, 3.05) is 11.9 Å². The van der Waals surface area contributed by atoms with Crippen LogP contribution in [0.2, 0.25) is 0 Å². The Morgan fingerprint density at radius 1 is 1.19 bits per heavy atom. The number of aryl methyl sites for hydroxylation is 1. The molecule has 2 aromatic rings. The van der Waals surface area contributed by atoms with Crippen LogP contribution in [-0.4, -0.2) is 22.4 Å². The van der Waals surface area contributed by atoms with Gasteiger partial charge in [-0.2, -0.15) is 0 Å². The molecule has 1 aromatic carbocycles. The van der Waals surface area contributed by atoms with Crippen molar-refractivity contribution in [2.24, 2.45) is 0 Å². The monoisotopic (exact) mass is 372 g/mol. The smallest absolute Gasteiger partial charge is 0.270 e. The van der Waals surface area contributed by atoms with E-state index in [1.54, 1.807) is 6.92 Å².